The van der Waals surface area contributed by atoms with Gasteiger partial charge < -0.3 is 10.4 Å². The van der Waals surface area contributed by atoms with Gasteiger partial charge in [-0.2, -0.15) is 0 Å². The first-order valence-corrected chi connectivity index (χ1v) is 5.96. The highest BCUT2D eigenvalue weighted by Gasteiger charge is 2.21. The molecule has 2 rings (SSSR count). The molecule has 1 aromatic carbocycles. The molecule has 0 radical (unpaired) electrons. The lowest BCUT2D eigenvalue weighted by Crippen LogP contribution is -2.24. The second kappa shape index (κ2) is 5.17. The lowest BCUT2D eigenvalue weighted by molar-refractivity contribution is -0.120. The lowest BCUT2D eigenvalue weighted by Gasteiger charge is -2.20. The van der Waals surface area contributed by atoms with Gasteiger partial charge in [-0.25, -0.2) is 4.39 Å². The fourth-order valence-corrected chi connectivity index (χ4v) is 2.21. The van der Waals surface area contributed by atoms with Gasteiger partial charge in [-0.1, -0.05) is 19.3 Å². The molecule has 4 heteroatoms. The summed E-state index contributed by atoms with van der Waals surface area (Å²) in [6, 6.07) is 3.54. The Kier molecular flexibility index (Phi) is 3.61. The number of nitrogens with one attached hydrogen (secondary N) is 1. The Bertz CT molecular complexity index is 414. The van der Waals surface area contributed by atoms with Crippen LogP contribution in [0.1, 0.15) is 32.1 Å². The molecule has 0 aromatic heterocycles. The van der Waals surface area contributed by atoms with Crippen LogP contribution in [0.5, 0.6) is 5.75 Å². The fourth-order valence-electron chi connectivity index (χ4n) is 2.21. The Morgan fingerprint density at radius 3 is 2.71 bits per heavy atom. The van der Waals surface area contributed by atoms with E-state index in [1.165, 1.54) is 12.5 Å². The molecule has 0 heterocycles. The van der Waals surface area contributed by atoms with E-state index >= 15 is 0 Å². The normalized spacial score (nSPS) is 16.8. The summed E-state index contributed by atoms with van der Waals surface area (Å²) in [5, 5.41) is 12.1. The zero-order chi connectivity index (χ0) is 12.3. The Morgan fingerprint density at radius 2 is 2.00 bits per heavy atom. The molecule has 1 aliphatic carbocycles. The van der Waals surface area contributed by atoms with Gasteiger partial charge in [-0.3, -0.25) is 4.79 Å². The van der Waals surface area contributed by atoms with Crippen molar-refractivity contribution in [1.29, 1.82) is 0 Å². The molecule has 0 saturated heterocycles. The van der Waals surface area contributed by atoms with Crippen molar-refractivity contribution in [2.45, 2.75) is 32.1 Å². The van der Waals surface area contributed by atoms with Gasteiger partial charge in [-0.15, -0.1) is 0 Å². The van der Waals surface area contributed by atoms with Crippen LogP contribution in [-0.2, 0) is 4.79 Å². The summed E-state index contributed by atoms with van der Waals surface area (Å²) in [6.45, 7) is 0. The van der Waals surface area contributed by atoms with Crippen molar-refractivity contribution in [2.24, 2.45) is 5.92 Å². The summed E-state index contributed by atoms with van der Waals surface area (Å²) in [5.41, 5.74) is 0.153. The van der Waals surface area contributed by atoms with Crippen LogP contribution >= 0.6 is 0 Å². The number of carbonyl (C=O) groups excluding carboxylic acids is 1. The first-order chi connectivity index (χ1) is 8.16. The van der Waals surface area contributed by atoms with Gasteiger partial charge in [0, 0.05) is 12.0 Å². The molecule has 17 heavy (non-hydrogen) atoms. The largest absolute Gasteiger partial charge is 0.506 e. The summed E-state index contributed by atoms with van der Waals surface area (Å²) >= 11 is 0. The van der Waals surface area contributed by atoms with Crippen LogP contribution in [0.15, 0.2) is 18.2 Å². The van der Waals surface area contributed by atoms with Gasteiger partial charge in [0.2, 0.25) is 5.91 Å². The second-order valence-corrected chi connectivity index (χ2v) is 4.49. The highest BCUT2D eigenvalue weighted by atomic mass is 19.1. The standard InChI is InChI=1S/C13H16FNO2/c14-10-6-7-12(16)11(8-10)15-13(17)9-4-2-1-3-5-9/h6-9,16H,1-5H2,(H,15,17). The van der Waals surface area contributed by atoms with E-state index in [1.807, 2.05) is 0 Å². The zero-order valence-corrected chi connectivity index (χ0v) is 9.58. The summed E-state index contributed by atoms with van der Waals surface area (Å²) in [6.07, 6.45) is 5.05. The summed E-state index contributed by atoms with van der Waals surface area (Å²) in [5.74, 6) is -0.700. The van der Waals surface area contributed by atoms with Gasteiger partial charge >= 0.3 is 0 Å². The number of aromatic hydroxyl groups is 1. The Labute approximate surface area is 99.7 Å². The molecule has 0 atom stereocenters. The molecule has 3 nitrogen and oxygen atoms in total. The highest BCUT2D eigenvalue weighted by molar-refractivity contribution is 5.93. The van der Waals surface area contributed by atoms with Crippen LogP contribution in [0.3, 0.4) is 0 Å². The van der Waals surface area contributed by atoms with Gasteiger partial charge in [0.25, 0.3) is 0 Å². The Morgan fingerprint density at radius 1 is 1.29 bits per heavy atom. The van der Waals surface area contributed by atoms with E-state index in [0.717, 1.165) is 37.8 Å². The smallest absolute Gasteiger partial charge is 0.227 e. The second-order valence-electron chi connectivity index (χ2n) is 4.49. The van der Waals surface area contributed by atoms with E-state index in [4.69, 9.17) is 0 Å². The number of rotatable bonds is 2. The highest BCUT2D eigenvalue weighted by Crippen LogP contribution is 2.28. The molecule has 1 aromatic rings. The van der Waals surface area contributed by atoms with E-state index < -0.39 is 5.82 Å². The number of phenolic OH excluding ortho intramolecular Hbond substituents is 1. The van der Waals surface area contributed by atoms with Crippen LogP contribution in [0.25, 0.3) is 0 Å². The SMILES string of the molecule is O=C(Nc1cc(F)ccc1O)C1CCCCC1. The molecular weight excluding hydrogens is 221 g/mol. The molecule has 0 aliphatic heterocycles. The van der Waals surface area contributed by atoms with Crippen molar-refractivity contribution in [1.82, 2.24) is 0 Å². The predicted octanol–water partition coefficient (Wildman–Crippen LogP) is 3.05. The number of phenols is 1. The quantitative estimate of drug-likeness (QED) is 0.777. The van der Waals surface area contributed by atoms with Crippen molar-refractivity contribution in [2.75, 3.05) is 5.32 Å². The molecular formula is C13H16FNO2. The number of anilines is 1. The third-order valence-electron chi connectivity index (χ3n) is 3.19. The maximum atomic E-state index is 13.0. The molecule has 1 fully saturated rings. The maximum Gasteiger partial charge on any atom is 0.227 e. The minimum absolute atomic E-state index is 0.00795. The maximum absolute atomic E-state index is 13.0. The Balaban J connectivity index is 2.04. The van der Waals surface area contributed by atoms with E-state index in [1.54, 1.807) is 0 Å². The third kappa shape index (κ3) is 2.96. The Hall–Kier alpha value is -1.58. The molecule has 0 unspecified atom stereocenters. The summed E-state index contributed by atoms with van der Waals surface area (Å²) < 4.78 is 13.0. The fraction of sp³-hybridized carbons (Fsp3) is 0.462. The van der Waals surface area contributed by atoms with E-state index in [-0.39, 0.29) is 23.3 Å². The van der Waals surface area contributed by atoms with Crippen molar-refractivity contribution < 1.29 is 14.3 Å². The molecule has 1 saturated carbocycles. The van der Waals surface area contributed by atoms with Gasteiger partial charge in [0.1, 0.15) is 11.6 Å². The predicted molar refractivity (Wildman–Crippen MR) is 63.3 cm³/mol. The first-order valence-electron chi connectivity index (χ1n) is 5.96. The van der Waals surface area contributed by atoms with Gasteiger partial charge in [0.05, 0.1) is 5.69 Å². The van der Waals surface area contributed by atoms with Crippen LogP contribution in [0.4, 0.5) is 10.1 Å². The average molecular weight is 237 g/mol. The number of halogens is 1. The van der Waals surface area contributed by atoms with Crippen LogP contribution in [0, 0.1) is 11.7 Å². The first kappa shape index (κ1) is 11.9. The molecule has 92 valence electrons. The van der Waals surface area contributed by atoms with Crippen LogP contribution in [-0.4, -0.2) is 11.0 Å². The van der Waals surface area contributed by atoms with E-state index in [2.05, 4.69) is 5.32 Å². The average Bonchev–Trinajstić information content (AvgIpc) is 2.35. The number of benzene rings is 1. The summed E-state index contributed by atoms with van der Waals surface area (Å²) in [7, 11) is 0. The van der Waals surface area contributed by atoms with Crippen molar-refractivity contribution in [3.8, 4) is 5.75 Å². The molecule has 0 bridgehead atoms. The topological polar surface area (TPSA) is 49.3 Å². The molecule has 2 N–H and O–H groups in total. The summed E-state index contributed by atoms with van der Waals surface area (Å²) in [4.78, 5) is 11.9. The monoisotopic (exact) mass is 237 g/mol. The van der Waals surface area contributed by atoms with E-state index in [9.17, 15) is 14.3 Å². The van der Waals surface area contributed by atoms with Crippen molar-refractivity contribution >= 4 is 11.6 Å². The lowest BCUT2D eigenvalue weighted by atomic mass is 9.88. The number of carbonyl (C=O) groups is 1. The number of hydrogen-bond donors (Lipinski definition) is 2. The third-order valence-corrected chi connectivity index (χ3v) is 3.19. The van der Waals surface area contributed by atoms with Crippen LogP contribution < -0.4 is 5.32 Å². The number of hydrogen-bond acceptors (Lipinski definition) is 2. The van der Waals surface area contributed by atoms with Crippen molar-refractivity contribution in [3.05, 3.63) is 24.0 Å². The zero-order valence-electron chi connectivity index (χ0n) is 9.58. The molecule has 0 spiro atoms. The molecule has 1 amide bonds. The van der Waals surface area contributed by atoms with E-state index in [0.29, 0.717) is 0 Å². The minimum atomic E-state index is -0.471. The van der Waals surface area contributed by atoms with Crippen LogP contribution in [0.2, 0.25) is 0 Å². The minimum Gasteiger partial charge on any atom is -0.506 e. The van der Waals surface area contributed by atoms with Gasteiger partial charge in [-0.05, 0) is 25.0 Å². The van der Waals surface area contributed by atoms with Gasteiger partial charge in [0.15, 0.2) is 0 Å². The molecule has 1 aliphatic rings. The van der Waals surface area contributed by atoms with Crippen molar-refractivity contribution in [3.63, 3.8) is 0 Å². The number of amides is 1.